The highest BCUT2D eigenvalue weighted by Crippen LogP contribution is 2.43. The second-order valence-electron chi connectivity index (χ2n) is 5.23. The maximum Gasteiger partial charge on any atom is 0.0109 e. The number of thiophene rings is 1. The number of rotatable bonds is 1. The van der Waals surface area contributed by atoms with Crippen molar-refractivity contribution in [3.05, 3.63) is 22.4 Å². The fourth-order valence-electron chi connectivity index (χ4n) is 2.46. The summed E-state index contributed by atoms with van der Waals surface area (Å²) in [5.74, 6) is 0.588. The zero-order chi connectivity index (χ0) is 10.2. The maximum atomic E-state index is 6.20. The molecule has 0 amide bonds. The summed E-state index contributed by atoms with van der Waals surface area (Å²) in [5.41, 5.74) is 8.12. The predicted octanol–water partition coefficient (Wildman–Crippen LogP) is 3.37. The van der Waals surface area contributed by atoms with E-state index < -0.39 is 0 Å². The van der Waals surface area contributed by atoms with Crippen LogP contribution < -0.4 is 5.73 Å². The fourth-order valence-corrected chi connectivity index (χ4v) is 3.18. The molecule has 0 aromatic carbocycles. The van der Waals surface area contributed by atoms with Crippen molar-refractivity contribution in [3.63, 3.8) is 0 Å². The minimum Gasteiger partial charge on any atom is -0.327 e. The second kappa shape index (κ2) is 3.67. The van der Waals surface area contributed by atoms with E-state index >= 15 is 0 Å². The molecule has 0 radical (unpaired) electrons. The van der Waals surface area contributed by atoms with Crippen molar-refractivity contribution in [1.29, 1.82) is 0 Å². The van der Waals surface area contributed by atoms with Gasteiger partial charge in [0.05, 0.1) is 0 Å². The van der Waals surface area contributed by atoms with Gasteiger partial charge in [0.1, 0.15) is 0 Å². The number of nitrogens with two attached hydrogens (primary N) is 1. The van der Waals surface area contributed by atoms with Crippen LogP contribution in [0.2, 0.25) is 0 Å². The Morgan fingerprint density at radius 3 is 2.93 bits per heavy atom. The van der Waals surface area contributed by atoms with E-state index in [9.17, 15) is 0 Å². The zero-order valence-electron chi connectivity index (χ0n) is 8.99. The molecule has 2 unspecified atom stereocenters. The molecular formula is C12H19NS. The molecule has 0 saturated heterocycles. The lowest BCUT2D eigenvalue weighted by molar-refractivity contribution is 0.199. The lowest BCUT2D eigenvalue weighted by Crippen LogP contribution is -2.37. The van der Waals surface area contributed by atoms with Gasteiger partial charge in [-0.2, -0.15) is 11.3 Å². The molecule has 1 nitrogen and oxygen atoms in total. The van der Waals surface area contributed by atoms with Crippen LogP contribution >= 0.6 is 11.3 Å². The van der Waals surface area contributed by atoms with Crippen LogP contribution in [0.5, 0.6) is 0 Å². The molecule has 1 aliphatic rings. The lowest BCUT2D eigenvalue weighted by atomic mass is 9.68. The second-order valence-corrected chi connectivity index (χ2v) is 6.01. The Morgan fingerprint density at radius 2 is 2.29 bits per heavy atom. The summed E-state index contributed by atoms with van der Waals surface area (Å²) in [6.45, 7) is 4.72. The third-order valence-corrected chi connectivity index (χ3v) is 4.12. The van der Waals surface area contributed by atoms with Gasteiger partial charge in [-0.3, -0.25) is 0 Å². The fraction of sp³-hybridized carbons (Fsp3) is 0.667. The summed E-state index contributed by atoms with van der Waals surface area (Å²) >= 11 is 1.78. The molecule has 1 aliphatic carbocycles. The standard InChI is InChI=1S/C12H19NS/c1-12(2)5-3-11(13)10(7-12)9-4-6-14-8-9/h4,6,8,10-11H,3,5,7,13H2,1-2H3. The first-order chi connectivity index (χ1) is 6.58. The van der Waals surface area contributed by atoms with Gasteiger partial charge in [-0.25, -0.2) is 0 Å². The van der Waals surface area contributed by atoms with Gasteiger partial charge in [-0.15, -0.1) is 0 Å². The van der Waals surface area contributed by atoms with Crippen LogP contribution in [0.15, 0.2) is 16.8 Å². The minimum atomic E-state index is 0.373. The molecule has 78 valence electrons. The van der Waals surface area contributed by atoms with Gasteiger partial charge in [0.2, 0.25) is 0 Å². The summed E-state index contributed by atoms with van der Waals surface area (Å²) < 4.78 is 0. The van der Waals surface area contributed by atoms with Crippen LogP contribution in [0.3, 0.4) is 0 Å². The molecule has 1 saturated carbocycles. The molecule has 1 heterocycles. The molecule has 0 aliphatic heterocycles. The number of hydrogen-bond acceptors (Lipinski definition) is 2. The predicted molar refractivity (Wildman–Crippen MR) is 62.7 cm³/mol. The highest BCUT2D eigenvalue weighted by molar-refractivity contribution is 7.07. The molecule has 14 heavy (non-hydrogen) atoms. The first kappa shape index (κ1) is 10.2. The van der Waals surface area contributed by atoms with Gasteiger partial charge in [-0.1, -0.05) is 13.8 Å². The summed E-state index contributed by atoms with van der Waals surface area (Å²) in [7, 11) is 0. The topological polar surface area (TPSA) is 26.0 Å². The molecular weight excluding hydrogens is 190 g/mol. The van der Waals surface area contributed by atoms with Crippen molar-refractivity contribution in [1.82, 2.24) is 0 Å². The molecule has 0 spiro atoms. The van der Waals surface area contributed by atoms with Gasteiger partial charge in [0.15, 0.2) is 0 Å². The Bertz CT molecular complexity index is 289. The third kappa shape index (κ3) is 2.01. The van der Waals surface area contributed by atoms with E-state index in [2.05, 4.69) is 30.7 Å². The van der Waals surface area contributed by atoms with Crippen LogP contribution in [0, 0.1) is 5.41 Å². The molecule has 2 rings (SSSR count). The molecule has 2 atom stereocenters. The van der Waals surface area contributed by atoms with Crippen molar-refractivity contribution in [3.8, 4) is 0 Å². The first-order valence-electron chi connectivity index (χ1n) is 5.36. The smallest absolute Gasteiger partial charge is 0.0109 e. The molecule has 1 fully saturated rings. The van der Waals surface area contributed by atoms with Crippen LogP contribution in [-0.2, 0) is 0 Å². The van der Waals surface area contributed by atoms with Gasteiger partial charge in [0.25, 0.3) is 0 Å². The number of hydrogen-bond donors (Lipinski definition) is 1. The lowest BCUT2D eigenvalue weighted by Gasteiger charge is -2.39. The normalized spacial score (nSPS) is 31.6. The van der Waals surface area contributed by atoms with Crippen LogP contribution in [0.1, 0.15) is 44.6 Å². The summed E-state index contributed by atoms with van der Waals surface area (Å²) in [6.07, 6.45) is 3.69. The third-order valence-electron chi connectivity index (χ3n) is 3.42. The average molecular weight is 209 g/mol. The monoisotopic (exact) mass is 209 g/mol. The molecule has 1 aromatic heterocycles. The highest BCUT2D eigenvalue weighted by atomic mass is 32.1. The Hall–Kier alpha value is -0.340. The summed E-state index contributed by atoms with van der Waals surface area (Å²) in [6, 6.07) is 2.61. The van der Waals surface area contributed by atoms with Crippen molar-refractivity contribution >= 4 is 11.3 Å². The van der Waals surface area contributed by atoms with E-state index in [-0.39, 0.29) is 0 Å². The van der Waals surface area contributed by atoms with Gasteiger partial charge in [0, 0.05) is 12.0 Å². The van der Waals surface area contributed by atoms with E-state index in [0.29, 0.717) is 17.4 Å². The SMILES string of the molecule is CC1(C)CCC(N)C(c2ccsc2)C1. The molecule has 2 N–H and O–H groups in total. The largest absolute Gasteiger partial charge is 0.327 e. The Labute approximate surface area is 90.3 Å². The van der Waals surface area contributed by atoms with E-state index in [1.807, 2.05) is 0 Å². The Balaban J connectivity index is 2.17. The quantitative estimate of drug-likeness (QED) is 0.754. The molecule has 0 bridgehead atoms. The minimum absolute atomic E-state index is 0.373. The summed E-state index contributed by atoms with van der Waals surface area (Å²) in [4.78, 5) is 0. The zero-order valence-corrected chi connectivity index (χ0v) is 9.81. The first-order valence-corrected chi connectivity index (χ1v) is 6.30. The van der Waals surface area contributed by atoms with Gasteiger partial charge >= 0.3 is 0 Å². The average Bonchev–Trinajstić information content (AvgIpc) is 2.62. The van der Waals surface area contributed by atoms with Crippen molar-refractivity contribution < 1.29 is 0 Å². The Kier molecular flexibility index (Phi) is 2.67. The maximum absolute atomic E-state index is 6.20. The summed E-state index contributed by atoms with van der Waals surface area (Å²) in [5, 5.41) is 4.41. The molecule has 2 heteroatoms. The van der Waals surface area contributed by atoms with Gasteiger partial charge in [-0.05, 0) is 47.1 Å². The van der Waals surface area contributed by atoms with Gasteiger partial charge < -0.3 is 5.73 Å². The van der Waals surface area contributed by atoms with Crippen LogP contribution in [0.25, 0.3) is 0 Å². The van der Waals surface area contributed by atoms with Crippen molar-refractivity contribution in [2.75, 3.05) is 0 Å². The van der Waals surface area contributed by atoms with Crippen molar-refractivity contribution in [2.24, 2.45) is 11.1 Å². The van der Waals surface area contributed by atoms with Crippen molar-refractivity contribution in [2.45, 2.75) is 45.1 Å². The van der Waals surface area contributed by atoms with Crippen LogP contribution in [0.4, 0.5) is 0 Å². The Morgan fingerprint density at radius 1 is 1.50 bits per heavy atom. The van der Waals surface area contributed by atoms with Crippen LogP contribution in [-0.4, -0.2) is 6.04 Å². The van der Waals surface area contributed by atoms with E-state index in [1.165, 1.54) is 24.8 Å². The van der Waals surface area contributed by atoms with E-state index in [1.54, 1.807) is 11.3 Å². The van der Waals surface area contributed by atoms with E-state index in [0.717, 1.165) is 0 Å². The highest BCUT2D eigenvalue weighted by Gasteiger charge is 2.33. The molecule has 1 aromatic rings. The van der Waals surface area contributed by atoms with E-state index in [4.69, 9.17) is 5.73 Å².